The van der Waals surface area contributed by atoms with Crippen LogP contribution in [-0.2, 0) is 0 Å². The number of aliphatic hydroxyl groups excluding tert-OH is 1. The van der Waals surface area contributed by atoms with Crippen molar-refractivity contribution in [1.82, 2.24) is 4.90 Å². The summed E-state index contributed by atoms with van der Waals surface area (Å²) in [5.41, 5.74) is 2.95. The van der Waals surface area contributed by atoms with Gasteiger partial charge in [-0.15, -0.1) is 0 Å². The topological polar surface area (TPSA) is 35.9 Å². The van der Waals surface area contributed by atoms with Crippen molar-refractivity contribution in [3.05, 3.63) is 84.7 Å². The highest BCUT2D eigenvalue weighted by molar-refractivity contribution is 5.63. The second-order valence-corrected chi connectivity index (χ2v) is 7.59. The predicted octanol–water partition coefficient (Wildman–Crippen LogP) is 4.05. The molecule has 0 spiro atoms. The number of rotatable bonds is 7. The van der Waals surface area contributed by atoms with Gasteiger partial charge in [0, 0.05) is 32.7 Å². The van der Waals surface area contributed by atoms with Crippen LogP contribution in [-0.4, -0.2) is 55.4 Å². The minimum atomic E-state index is -0.571. The molecule has 156 valence electrons. The molecule has 1 fully saturated rings. The Balaban J connectivity index is 1.22. The molecule has 4 nitrogen and oxygen atoms in total. The highest BCUT2D eigenvalue weighted by atomic mass is 19.1. The first kappa shape index (κ1) is 20.4. The molecule has 1 unspecified atom stereocenters. The van der Waals surface area contributed by atoms with E-state index in [1.807, 2.05) is 54.6 Å². The molecule has 30 heavy (non-hydrogen) atoms. The molecule has 0 amide bonds. The number of halogens is 1. The summed E-state index contributed by atoms with van der Waals surface area (Å²) < 4.78 is 19.7. The van der Waals surface area contributed by atoms with Crippen LogP contribution in [0.4, 0.5) is 10.1 Å². The molecule has 3 aromatic carbocycles. The Labute approximate surface area is 177 Å². The van der Waals surface area contributed by atoms with Crippen LogP contribution in [0.15, 0.2) is 78.9 Å². The zero-order valence-electron chi connectivity index (χ0n) is 17.0. The number of β-amino-alcohol motifs (C(OH)–C–C–N with tert-alkyl or cyclic N) is 1. The Kier molecular flexibility index (Phi) is 6.62. The van der Waals surface area contributed by atoms with Gasteiger partial charge in [-0.2, -0.15) is 0 Å². The third-order valence-electron chi connectivity index (χ3n) is 5.44. The van der Waals surface area contributed by atoms with Crippen molar-refractivity contribution < 1.29 is 14.2 Å². The number of aliphatic hydroxyl groups is 1. The van der Waals surface area contributed by atoms with E-state index in [-0.39, 0.29) is 12.4 Å². The van der Waals surface area contributed by atoms with Crippen LogP contribution < -0.4 is 9.64 Å². The lowest BCUT2D eigenvalue weighted by Gasteiger charge is -2.36. The second kappa shape index (κ2) is 9.74. The fourth-order valence-electron chi connectivity index (χ4n) is 3.80. The van der Waals surface area contributed by atoms with Crippen LogP contribution in [0.5, 0.6) is 5.75 Å². The van der Waals surface area contributed by atoms with Gasteiger partial charge in [0.2, 0.25) is 0 Å². The maximum atomic E-state index is 14.0. The fraction of sp³-hybridized carbons (Fsp3) is 0.280. The number of ether oxygens (including phenoxy) is 1. The quantitative estimate of drug-likeness (QED) is 0.642. The summed E-state index contributed by atoms with van der Waals surface area (Å²) in [6, 6.07) is 25.0. The van der Waals surface area contributed by atoms with E-state index in [4.69, 9.17) is 4.74 Å². The normalized spacial score (nSPS) is 15.7. The summed E-state index contributed by atoms with van der Waals surface area (Å²) >= 11 is 0. The molecule has 0 aromatic heterocycles. The highest BCUT2D eigenvalue weighted by Gasteiger charge is 2.21. The monoisotopic (exact) mass is 406 g/mol. The number of nitrogens with zero attached hydrogens (tertiary/aromatic N) is 2. The molecule has 4 rings (SSSR count). The van der Waals surface area contributed by atoms with E-state index in [0.29, 0.717) is 12.2 Å². The van der Waals surface area contributed by atoms with Gasteiger partial charge in [-0.25, -0.2) is 4.39 Å². The van der Waals surface area contributed by atoms with E-state index < -0.39 is 6.10 Å². The van der Waals surface area contributed by atoms with Gasteiger partial charge >= 0.3 is 0 Å². The molecule has 1 aliphatic heterocycles. The molecule has 0 bridgehead atoms. The summed E-state index contributed by atoms with van der Waals surface area (Å²) in [5.74, 6) is 0.566. The van der Waals surface area contributed by atoms with Gasteiger partial charge in [0.25, 0.3) is 0 Å². The lowest BCUT2D eigenvalue weighted by atomic mass is 10.1. The molecular formula is C25H27FN2O2. The van der Waals surface area contributed by atoms with E-state index in [1.165, 1.54) is 11.6 Å². The lowest BCUT2D eigenvalue weighted by molar-refractivity contribution is 0.0663. The first-order valence-corrected chi connectivity index (χ1v) is 10.4. The van der Waals surface area contributed by atoms with Gasteiger partial charge < -0.3 is 14.7 Å². The van der Waals surface area contributed by atoms with Gasteiger partial charge in [-0.3, -0.25) is 4.90 Å². The molecule has 3 aromatic rings. The Morgan fingerprint density at radius 1 is 0.800 bits per heavy atom. The number of para-hydroxylation sites is 1. The zero-order valence-corrected chi connectivity index (χ0v) is 17.0. The molecule has 5 heteroatoms. The molecule has 1 heterocycles. The molecular weight excluding hydrogens is 379 g/mol. The molecule has 0 aliphatic carbocycles. The van der Waals surface area contributed by atoms with E-state index in [1.54, 1.807) is 6.07 Å². The van der Waals surface area contributed by atoms with Crippen LogP contribution >= 0.6 is 0 Å². The third kappa shape index (κ3) is 5.17. The molecule has 1 atom stereocenters. The van der Waals surface area contributed by atoms with Gasteiger partial charge in [0.15, 0.2) is 0 Å². The van der Waals surface area contributed by atoms with Crippen LogP contribution in [0.25, 0.3) is 11.1 Å². The van der Waals surface area contributed by atoms with Crippen LogP contribution in [0.2, 0.25) is 0 Å². The van der Waals surface area contributed by atoms with Crippen molar-refractivity contribution in [1.29, 1.82) is 0 Å². The highest BCUT2D eigenvalue weighted by Crippen LogP contribution is 2.22. The summed E-state index contributed by atoms with van der Waals surface area (Å²) in [6.07, 6.45) is -0.571. The van der Waals surface area contributed by atoms with Crippen molar-refractivity contribution in [3.8, 4) is 16.9 Å². The average molecular weight is 407 g/mol. The molecule has 1 N–H and O–H groups in total. The molecule has 0 saturated carbocycles. The van der Waals surface area contributed by atoms with Crippen molar-refractivity contribution in [2.75, 3.05) is 44.2 Å². The summed E-state index contributed by atoms with van der Waals surface area (Å²) in [7, 11) is 0. The number of hydrogen-bond donors (Lipinski definition) is 1. The Hall–Kier alpha value is -2.89. The van der Waals surface area contributed by atoms with Crippen molar-refractivity contribution >= 4 is 5.69 Å². The number of hydrogen-bond acceptors (Lipinski definition) is 4. The maximum absolute atomic E-state index is 14.0. The standard InChI is InChI=1S/C25H27FN2O2/c26-24-8-4-5-9-25(24)28-16-14-27(15-17-28)18-22(29)19-30-23-12-10-21(11-13-23)20-6-2-1-3-7-20/h1-13,22,29H,14-19H2. The van der Waals surface area contributed by atoms with Crippen LogP contribution in [0.1, 0.15) is 0 Å². The predicted molar refractivity (Wildman–Crippen MR) is 118 cm³/mol. The van der Waals surface area contributed by atoms with E-state index in [9.17, 15) is 9.50 Å². The van der Waals surface area contributed by atoms with E-state index in [0.717, 1.165) is 37.5 Å². The van der Waals surface area contributed by atoms with E-state index >= 15 is 0 Å². The summed E-state index contributed by atoms with van der Waals surface area (Å²) in [4.78, 5) is 4.26. The Morgan fingerprint density at radius 2 is 1.43 bits per heavy atom. The zero-order chi connectivity index (χ0) is 20.8. The van der Waals surface area contributed by atoms with Crippen molar-refractivity contribution in [2.45, 2.75) is 6.10 Å². The smallest absolute Gasteiger partial charge is 0.146 e. The minimum absolute atomic E-state index is 0.183. The fourth-order valence-corrected chi connectivity index (χ4v) is 3.80. The first-order chi connectivity index (χ1) is 14.7. The van der Waals surface area contributed by atoms with Crippen LogP contribution in [0.3, 0.4) is 0 Å². The maximum Gasteiger partial charge on any atom is 0.146 e. The molecule has 1 aliphatic rings. The van der Waals surface area contributed by atoms with Gasteiger partial charge in [-0.1, -0.05) is 54.6 Å². The number of benzene rings is 3. The molecule has 0 radical (unpaired) electrons. The number of piperazine rings is 1. The third-order valence-corrected chi connectivity index (χ3v) is 5.44. The SMILES string of the molecule is OC(COc1ccc(-c2ccccc2)cc1)CN1CCN(c2ccccc2F)CC1. The molecule has 1 saturated heterocycles. The summed E-state index contributed by atoms with van der Waals surface area (Å²) in [6.45, 7) is 3.87. The lowest BCUT2D eigenvalue weighted by Crippen LogP contribution is -2.49. The summed E-state index contributed by atoms with van der Waals surface area (Å²) in [5, 5.41) is 10.4. The van der Waals surface area contributed by atoms with Gasteiger partial charge in [0.1, 0.15) is 24.3 Å². The van der Waals surface area contributed by atoms with Gasteiger partial charge in [0.05, 0.1) is 5.69 Å². The number of anilines is 1. The minimum Gasteiger partial charge on any atom is -0.491 e. The largest absolute Gasteiger partial charge is 0.491 e. The van der Waals surface area contributed by atoms with Crippen molar-refractivity contribution in [2.24, 2.45) is 0 Å². The Morgan fingerprint density at radius 3 is 2.13 bits per heavy atom. The first-order valence-electron chi connectivity index (χ1n) is 10.4. The van der Waals surface area contributed by atoms with E-state index in [2.05, 4.69) is 21.9 Å². The average Bonchev–Trinajstić information content (AvgIpc) is 2.80. The second-order valence-electron chi connectivity index (χ2n) is 7.59. The van der Waals surface area contributed by atoms with Crippen LogP contribution in [0, 0.1) is 5.82 Å². The Bertz CT molecular complexity index is 925. The van der Waals surface area contributed by atoms with Crippen molar-refractivity contribution in [3.63, 3.8) is 0 Å². The van der Waals surface area contributed by atoms with Gasteiger partial charge in [-0.05, 0) is 35.4 Å².